The topological polar surface area (TPSA) is 66.8 Å². The van der Waals surface area contributed by atoms with E-state index in [1.165, 1.54) is 6.07 Å². The normalized spacial score (nSPS) is 18.4. The first-order chi connectivity index (χ1) is 10.0. The average Bonchev–Trinajstić information content (AvgIpc) is 2.49. The van der Waals surface area contributed by atoms with Crippen molar-refractivity contribution < 1.29 is 19.4 Å². The largest absolute Gasteiger partial charge is 0.507 e. The maximum atomic E-state index is 12.5. The van der Waals surface area contributed by atoms with Crippen LogP contribution in [-0.4, -0.2) is 41.6 Å². The number of ether oxygens (including phenoxy) is 1. The fraction of sp³-hybridized carbons (Fsp3) is 0.467. The second kappa shape index (κ2) is 7.11. The Balaban J connectivity index is 2.12. The monoisotopic (exact) mass is 403 g/mol. The molecule has 0 radical (unpaired) electrons. The number of esters is 1. The maximum absolute atomic E-state index is 12.5. The summed E-state index contributed by atoms with van der Waals surface area (Å²) in [5.41, 5.74) is 0.284. The molecule has 1 aliphatic heterocycles. The number of rotatable bonds is 3. The number of hydrogen-bond donors (Lipinski definition) is 1. The molecule has 5 nitrogen and oxygen atoms in total. The number of phenols is 1. The van der Waals surface area contributed by atoms with Crippen molar-refractivity contribution in [2.45, 2.75) is 19.8 Å². The fourth-order valence-corrected chi connectivity index (χ4v) is 2.96. The Bertz CT molecular complexity index is 546. The van der Waals surface area contributed by atoms with Gasteiger partial charge in [-0.3, -0.25) is 9.59 Å². The molecule has 1 fully saturated rings. The maximum Gasteiger partial charge on any atom is 0.310 e. The number of carbonyl (C=O) groups is 2. The molecule has 114 valence electrons. The third-order valence-electron chi connectivity index (χ3n) is 3.52. The third kappa shape index (κ3) is 3.87. The summed E-state index contributed by atoms with van der Waals surface area (Å²) in [5, 5.41) is 9.85. The van der Waals surface area contributed by atoms with E-state index in [4.69, 9.17) is 4.74 Å². The number of likely N-dealkylation sites (tertiary alicyclic amines) is 1. The fourth-order valence-electron chi connectivity index (χ4n) is 2.46. The second-order valence-electron chi connectivity index (χ2n) is 5.00. The van der Waals surface area contributed by atoms with Crippen molar-refractivity contribution in [3.8, 4) is 5.75 Å². The van der Waals surface area contributed by atoms with E-state index in [2.05, 4.69) is 22.6 Å². The lowest BCUT2D eigenvalue weighted by Crippen LogP contribution is -2.42. The summed E-state index contributed by atoms with van der Waals surface area (Å²) >= 11 is 2.10. The number of carbonyl (C=O) groups excluding carboxylic acids is 2. The molecular weight excluding hydrogens is 385 g/mol. The summed E-state index contributed by atoms with van der Waals surface area (Å²) in [7, 11) is 0. The molecule has 1 atom stereocenters. The Labute approximate surface area is 137 Å². The molecule has 0 spiro atoms. The molecule has 2 rings (SSSR count). The van der Waals surface area contributed by atoms with Crippen molar-refractivity contribution in [2.24, 2.45) is 5.92 Å². The predicted octanol–water partition coefficient (Wildman–Crippen LogP) is 2.41. The summed E-state index contributed by atoms with van der Waals surface area (Å²) < 4.78 is 5.91. The van der Waals surface area contributed by atoms with E-state index in [0.29, 0.717) is 19.7 Å². The molecule has 1 aromatic rings. The van der Waals surface area contributed by atoms with Gasteiger partial charge in [-0.15, -0.1) is 0 Å². The van der Waals surface area contributed by atoms with Crippen molar-refractivity contribution in [3.05, 3.63) is 27.3 Å². The van der Waals surface area contributed by atoms with Crippen LogP contribution >= 0.6 is 22.6 Å². The average molecular weight is 403 g/mol. The van der Waals surface area contributed by atoms with Crippen LogP contribution in [0.15, 0.2) is 18.2 Å². The van der Waals surface area contributed by atoms with Crippen molar-refractivity contribution in [1.82, 2.24) is 4.90 Å². The Morgan fingerprint density at radius 1 is 1.48 bits per heavy atom. The predicted molar refractivity (Wildman–Crippen MR) is 86.1 cm³/mol. The van der Waals surface area contributed by atoms with Crippen LogP contribution in [0.25, 0.3) is 0 Å². The highest BCUT2D eigenvalue weighted by atomic mass is 127. The number of halogens is 1. The van der Waals surface area contributed by atoms with Crippen LogP contribution in [0.2, 0.25) is 0 Å². The Morgan fingerprint density at radius 3 is 2.95 bits per heavy atom. The molecule has 1 aliphatic rings. The third-order valence-corrected chi connectivity index (χ3v) is 4.19. The summed E-state index contributed by atoms with van der Waals surface area (Å²) in [6.07, 6.45) is 1.50. The SMILES string of the molecule is CCOC(=O)C1CCCN(C(=O)c2cc(I)ccc2O)C1. The van der Waals surface area contributed by atoms with Crippen LogP contribution in [-0.2, 0) is 9.53 Å². The first-order valence-electron chi connectivity index (χ1n) is 6.97. The van der Waals surface area contributed by atoms with Crippen molar-refractivity contribution >= 4 is 34.5 Å². The smallest absolute Gasteiger partial charge is 0.310 e. The van der Waals surface area contributed by atoms with Gasteiger partial charge >= 0.3 is 5.97 Å². The van der Waals surface area contributed by atoms with E-state index < -0.39 is 0 Å². The summed E-state index contributed by atoms with van der Waals surface area (Å²) in [5.74, 6) is -0.784. The van der Waals surface area contributed by atoms with E-state index in [-0.39, 0.29) is 29.1 Å². The van der Waals surface area contributed by atoms with Crippen LogP contribution < -0.4 is 0 Å². The number of amides is 1. The minimum atomic E-state index is -0.271. The second-order valence-corrected chi connectivity index (χ2v) is 6.25. The Morgan fingerprint density at radius 2 is 2.24 bits per heavy atom. The number of benzene rings is 1. The molecule has 1 amide bonds. The molecule has 0 aromatic heterocycles. The lowest BCUT2D eigenvalue weighted by molar-refractivity contribution is -0.149. The van der Waals surface area contributed by atoms with Gasteiger partial charge in [-0.25, -0.2) is 0 Å². The number of hydrogen-bond acceptors (Lipinski definition) is 4. The molecule has 0 aliphatic carbocycles. The zero-order valence-corrected chi connectivity index (χ0v) is 14.0. The number of nitrogens with zero attached hydrogens (tertiary/aromatic N) is 1. The van der Waals surface area contributed by atoms with E-state index in [0.717, 1.165) is 16.4 Å². The lowest BCUT2D eigenvalue weighted by Gasteiger charge is -2.31. The van der Waals surface area contributed by atoms with Crippen LogP contribution in [0.3, 0.4) is 0 Å². The molecule has 1 unspecified atom stereocenters. The standard InChI is InChI=1S/C15H18INO4/c1-2-21-15(20)10-4-3-7-17(9-10)14(19)12-8-11(16)5-6-13(12)18/h5-6,8,10,18H,2-4,7,9H2,1H3. The summed E-state index contributed by atoms with van der Waals surface area (Å²) in [6, 6.07) is 4.91. The van der Waals surface area contributed by atoms with Gasteiger partial charge in [0, 0.05) is 16.7 Å². The number of piperidine rings is 1. The Kier molecular flexibility index (Phi) is 5.44. The quantitative estimate of drug-likeness (QED) is 0.622. The van der Waals surface area contributed by atoms with Gasteiger partial charge in [0.2, 0.25) is 0 Å². The molecule has 1 heterocycles. The molecule has 0 bridgehead atoms. The molecule has 1 saturated heterocycles. The molecule has 1 aromatic carbocycles. The first kappa shape index (κ1) is 16.1. The summed E-state index contributed by atoms with van der Waals surface area (Å²) in [6.45, 7) is 3.07. The van der Waals surface area contributed by atoms with Gasteiger partial charge in [-0.05, 0) is 60.6 Å². The van der Waals surface area contributed by atoms with E-state index >= 15 is 0 Å². The minimum absolute atomic E-state index is 0.0290. The van der Waals surface area contributed by atoms with Gasteiger partial charge in [0.1, 0.15) is 5.75 Å². The van der Waals surface area contributed by atoms with Gasteiger partial charge in [0.15, 0.2) is 0 Å². The van der Waals surface area contributed by atoms with Gasteiger partial charge in [0.05, 0.1) is 18.1 Å². The van der Waals surface area contributed by atoms with Crippen molar-refractivity contribution in [1.29, 1.82) is 0 Å². The first-order valence-corrected chi connectivity index (χ1v) is 8.05. The van der Waals surface area contributed by atoms with Crippen molar-refractivity contribution in [2.75, 3.05) is 19.7 Å². The van der Waals surface area contributed by atoms with Gasteiger partial charge < -0.3 is 14.7 Å². The molecule has 21 heavy (non-hydrogen) atoms. The van der Waals surface area contributed by atoms with Crippen LogP contribution in [0, 0.1) is 9.49 Å². The molecule has 6 heteroatoms. The van der Waals surface area contributed by atoms with Crippen molar-refractivity contribution in [3.63, 3.8) is 0 Å². The lowest BCUT2D eigenvalue weighted by atomic mass is 9.97. The highest BCUT2D eigenvalue weighted by molar-refractivity contribution is 14.1. The van der Waals surface area contributed by atoms with Crippen LogP contribution in [0.4, 0.5) is 0 Å². The van der Waals surface area contributed by atoms with E-state index in [9.17, 15) is 14.7 Å². The highest BCUT2D eigenvalue weighted by Gasteiger charge is 2.30. The zero-order valence-electron chi connectivity index (χ0n) is 11.8. The minimum Gasteiger partial charge on any atom is -0.507 e. The van der Waals surface area contributed by atoms with E-state index in [1.807, 2.05) is 0 Å². The Hall–Kier alpha value is -1.31. The van der Waals surface area contributed by atoms with Crippen LogP contribution in [0.1, 0.15) is 30.1 Å². The van der Waals surface area contributed by atoms with Gasteiger partial charge in [0.25, 0.3) is 5.91 Å². The number of aromatic hydroxyl groups is 1. The van der Waals surface area contributed by atoms with E-state index in [1.54, 1.807) is 24.0 Å². The van der Waals surface area contributed by atoms with Crippen LogP contribution in [0.5, 0.6) is 5.75 Å². The zero-order chi connectivity index (χ0) is 15.4. The van der Waals surface area contributed by atoms with Gasteiger partial charge in [-0.2, -0.15) is 0 Å². The number of phenolic OH excluding ortho intramolecular Hbond substituents is 1. The molecular formula is C15H18INO4. The highest BCUT2D eigenvalue weighted by Crippen LogP contribution is 2.25. The summed E-state index contributed by atoms with van der Waals surface area (Å²) in [4.78, 5) is 25.9. The molecule has 1 N–H and O–H groups in total. The molecule has 0 saturated carbocycles. The van der Waals surface area contributed by atoms with Gasteiger partial charge in [-0.1, -0.05) is 0 Å².